The zero-order valence-electron chi connectivity index (χ0n) is 17.2. The predicted octanol–water partition coefficient (Wildman–Crippen LogP) is 3.14. The fourth-order valence-electron chi connectivity index (χ4n) is 2.48. The highest BCUT2D eigenvalue weighted by Gasteiger charge is 2.09. The van der Waals surface area contributed by atoms with E-state index < -0.39 is 10.0 Å². The Morgan fingerprint density at radius 2 is 1.67 bits per heavy atom. The zero-order valence-corrected chi connectivity index (χ0v) is 21.1. The summed E-state index contributed by atoms with van der Waals surface area (Å²) in [5.41, 5.74) is 1.75. The number of guanidine groups is 1. The fourth-order valence-corrected chi connectivity index (χ4v) is 3.38. The van der Waals surface area contributed by atoms with E-state index >= 15 is 0 Å². The third-order valence-electron chi connectivity index (χ3n) is 4.08. The van der Waals surface area contributed by atoms with Gasteiger partial charge in [0.25, 0.3) is 0 Å². The number of benzene rings is 2. The van der Waals surface area contributed by atoms with Crippen LogP contribution in [-0.2, 0) is 22.3 Å². The van der Waals surface area contributed by atoms with Crippen molar-refractivity contribution in [2.24, 2.45) is 4.99 Å². The number of hydrogen-bond donors (Lipinski definition) is 3. The molecule has 0 aliphatic rings. The van der Waals surface area contributed by atoms with Crippen molar-refractivity contribution in [1.29, 1.82) is 0 Å². The highest BCUT2D eigenvalue weighted by atomic mass is 127. The molecule has 0 aliphatic heterocycles. The summed E-state index contributed by atoms with van der Waals surface area (Å²) in [6, 6.07) is 14.6. The normalized spacial score (nSPS) is 12.6. The first kappa shape index (κ1) is 26.5. The number of ether oxygens (including phenoxy) is 1. The molecule has 166 valence electrons. The molecule has 0 amide bonds. The first-order valence-corrected chi connectivity index (χ1v) is 11.2. The monoisotopic (exact) mass is 566 g/mol. The van der Waals surface area contributed by atoms with Gasteiger partial charge in [-0.3, -0.25) is 4.99 Å². The van der Waals surface area contributed by atoms with Gasteiger partial charge in [-0.25, -0.2) is 13.1 Å². The van der Waals surface area contributed by atoms with Crippen molar-refractivity contribution in [3.05, 3.63) is 64.7 Å². The minimum Gasteiger partial charge on any atom is -0.489 e. The van der Waals surface area contributed by atoms with Gasteiger partial charge in [0.1, 0.15) is 11.9 Å². The highest BCUT2D eigenvalue weighted by Crippen LogP contribution is 2.16. The maximum Gasteiger partial charge on any atom is 0.215 e. The maximum absolute atomic E-state index is 11.6. The van der Waals surface area contributed by atoms with Crippen LogP contribution in [0.25, 0.3) is 0 Å². The van der Waals surface area contributed by atoms with E-state index in [0.29, 0.717) is 24.1 Å². The van der Waals surface area contributed by atoms with Gasteiger partial charge < -0.3 is 15.4 Å². The molecule has 0 spiro atoms. The standard InChI is InChI=1S/C20H27ClN4O3S.HI/c1-15(28-19-10-8-18(21)9-11-19)12-24-20(22-2)25-13-16-4-6-17(7-5-16)14-29(26,27)23-3;/h4-11,15,23H,12-14H2,1-3H3,(H2,22,24,25);1H. The van der Waals surface area contributed by atoms with Crippen LogP contribution in [0.3, 0.4) is 0 Å². The fraction of sp³-hybridized carbons (Fsp3) is 0.350. The Kier molecular flexibility index (Phi) is 11.5. The molecule has 2 aromatic rings. The Balaban J connectivity index is 0.00000450. The van der Waals surface area contributed by atoms with Gasteiger partial charge >= 0.3 is 0 Å². The lowest BCUT2D eigenvalue weighted by Crippen LogP contribution is -2.41. The largest absolute Gasteiger partial charge is 0.489 e. The van der Waals surface area contributed by atoms with E-state index in [1.54, 1.807) is 19.2 Å². The van der Waals surface area contributed by atoms with Crippen molar-refractivity contribution in [3.63, 3.8) is 0 Å². The van der Waals surface area contributed by atoms with Crippen LogP contribution in [0.15, 0.2) is 53.5 Å². The molecule has 0 saturated heterocycles. The van der Waals surface area contributed by atoms with Crippen molar-refractivity contribution in [2.75, 3.05) is 20.6 Å². The van der Waals surface area contributed by atoms with Crippen molar-refractivity contribution >= 4 is 51.6 Å². The summed E-state index contributed by atoms with van der Waals surface area (Å²) >= 11 is 5.88. The minimum absolute atomic E-state index is 0. The molecule has 1 atom stereocenters. The summed E-state index contributed by atoms with van der Waals surface area (Å²) in [7, 11) is -0.158. The van der Waals surface area contributed by atoms with Crippen molar-refractivity contribution in [3.8, 4) is 5.75 Å². The van der Waals surface area contributed by atoms with Crippen LogP contribution in [-0.4, -0.2) is 41.1 Å². The SMILES string of the molecule is CN=C(NCc1ccc(CS(=O)(=O)NC)cc1)NCC(C)Oc1ccc(Cl)cc1.I. The van der Waals surface area contributed by atoms with Gasteiger partial charge in [0.15, 0.2) is 5.96 Å². The topological polar surface area (TPSA) is 91.8 Å². The smallest absolute Gasteiger partial charge is 0.215 e. The van der Waals surface area contributed by atoms with Crippen LogP contribution in [0.4, 0.5) is 0 Å². The zero-order chi connectivity index (χ0) is 21.3. The second kappa shape index (κ2) is 13.0. The van der Waals surface area contributed by atoms with Crippen LogP contribution in [0.1, 0.15) is 18.1 Å². The molecule has 10 heteroatoms. The number of nitrogens with zero attached hydrogens (tertiary/aromatic N) is 1. The van der Waals surface area contributed by atoms with Gasteiger partial charge in [-0.1, -0.05) is 35.9 Å². The summed E-state index contributed by atoms with van der Waals surface area (Å²) in [4.78, 5) is 4.20. The Labute approximate surface area is 200 Å². The Morgan fingerprint density at radius 1 is 1.07 bits per heavy atom. The number of nitrogens with one attached hydrogen (secondary N) is 3. The lowest BCUT2D eigenvalue weighted by Gasteiger charge is -2.18. The number of aliphatic imine (C=N–C) groups is 1. The first-order valence-electron chi connectivity index (χ1n) is 9.17. The molecule has 0 radical (unpaired) electrons. The van der Waals surface area contributed by atoms with E-state index in [-0.39, 0.29) is 35.8 Å². The molecule has 0 aromatic heterocycles. The first-order chi connectivity index (χ1) is 13.8. The van der Waals surface area contributed by atoms with Gasteiger partial charge in [-0.15, -0.1) is 24.0 Å². The molecule has 3 N–H and O–H groups in total. The second-order valence-corrected chi connectivity index (χ2v) is 8.83. The van der Waals surface area contributed by atoms with Crippen LogP contribution in [0.2, 0.25) is 5.02 Å². The molecule has 0 bridgehead atoms. The van der Waals surface area contributed by atoms with Crippen LogP contribution in [0, 0.1) is 0 Å². The molecule has 30 heavy (non-hydrogen) atoms. The highest BCUT2D eigenvalue weighted by molar-refractivity contribution is 14.0. The molecule has 0 heterocycles. The Hall–Kier alpha value is -1.56. The Morgan fingerprint density at radius 3 is 2.23 bits per heavy atom. The quantitative estimate of drug-likeness (QED) is 0.246. The molecule has 0 saturated carbocycles. The van der Waals surface area contributed by atoms with Crippen LogP contribution < -0.4 is 20.1 Å². The lowest BCUT2D eigenvalue weighted by atomic mass is 10.1. The molecule has 0 aliphatic carbocycles. The van der Waals surface area contributed by atoms with Gasteiger partial charge in [0, 0.05) is 18.6 Å². The number of hydrogen-bond acceptors (Lipinski definition) is 4. The number of halogens is 2. The summed E-state index contributed by atoms with van der Waals surface area (Å²) in [5, 5.41) is 7.12. The number of sulfonamides is 1. The van der Waals surface area contributed by atoms with E-state index in [2.05, 4.69) is 20.3 Å². The van der Waals surface area contributed by atoms with E-state index in [1.807, 2.05) is 43.3 Å². The molecule has 1 unspecified atom stereocenters. The van der Waals surface area contributed by atoms with Crippen molar-refractivity contribution in [2.45, 2.75) is 25.3 Å². The van der Waals surface area contributed by atoms with E-state index in [4.69, 9.17) is 16.3 Å². The average Bonchev–Trinajstić information content (AvgIpc) is 2.71. The Bertz CT molecular complexity index is 907. The van der Waals surface area contributed by atoms with E-state index in [0.717, 1.165) is 16.9 Å². The molecule has 2 rings (SSSR count). The second-order valence-electron chi connectivity index (χ2n) is 6.47. The maximum atomic E-state index is 11.6. The van der Waals surface area contributed by atoms with E-state index in [1.165, 1.54) is 7.05 Å². The molecular weight excluding hydrogens is 539 g/mol. The van der Waals surface area contributed by atoms with E-state index in [9.17, 15) is 8.42 Å². The summed E-state index contributed by atoms with van der Waals surface area (Å²) in [6.45, 7) is 3.10. The van der Waals surface area contributed by atoms with Gasteiger partial charge in [-0.05, 0) is 49.4 Å². The molecule has 0 fully saturated rings. The minimum atomic E-state index is -3.27. The summed E-state index contributed by atoms with van der Waals surface area (Å²) < 4.78 is 31.3. The van der Waals surface area contributed by atoms with Crippen LogP contribution in [0.5, 0.6) is 5.75 Å². The average molecular weight is 567 g/mol. The number of rotatable bonds is 9. The summed E-state index contributed by atoms with van der Waals surface area (Å²) in [6.07, 6.45) is -0.0665. The van der Waals surface area contributed by atoms with Gasteiger partial charge in [0.2, 0.25) is 10.0 Å². The molecule has 7 nitrogen and oxygen atoms in total. The van der Waals surface area contributed by atoms with Crippen molar-refractivity contribution < 1.29 is 13.2 Å². The van der Waals surface area contributed by atoms with Crippen LogP contribution >= 0.6 is 35.6 Å². The lowest BCUT2D eigenvalue weighted by molar-refractivity contribution is 0.224. The third-order valence-corrected chi connectivity index (χ3v) is 5.67. The molecule has 2 aromatic carbocycles. The van der Waals surface area contributed by atoms with Crippen molar-refractivity contribution in [1.82, 2.24) is 15.4 Å². The third kappa shape index (κ3) is 9.50. The summed E-state index contributed by atoms with van der Waals surface area (Å²) in [5.74, 6) is 1.37. The van der Waals surface area contributed by atoms with Gasteiger partial charge in [-0.2, -0.15) is 0 Å². The van der Waals surface area contributed by atoms with Gasteiger partial charge in [0.05, 0.1) is 12.3 Å². The molecular formula is C20H28ClIN4O3S. The predicted molar refractivity (Wildman–Crippen MR) is 133 cm³/mol.